The Morgan fingerprint density at radius 2 is 2.38 bits per heavy atom. The fraction of sp³-hybridized carbons (Fsp3) is 0.889. The minimum atomic E-state index is -0.758. The number of amides is 1. The third-order valence-electron chi connectivity index (χ3n) is 2.30. The van der Waals surface area contributed by atoms with Crippen molar-refractivity contribution in [1.29, 1.82) is 0 Å². The summed E-state index contributed by atoms with van der Waals surface area (Å²) in [5, 5.41) is 6.11. The monoisotopic (exact) mass is 185 g/mol. The maximum Gasteiger partial charge on any atom is 0.239 e. The molecule has 1 rings (SSSR count). The summed E-state index contributed by atoms with van der Waals surface area (Å²) >= 11 is 0. The molecule has 4 heteroatoms. The Hall–Kier alpha value is -0.610. The molecule has 0 aromatic carbocycles. The van der Waals surface area contributed by atoms with Crippen LogP contribution in [0.4, 0.5) is 0 Å². The van der Waals surface area contributed by atoms with Gasteiger partial charge in [0.25, 0.3) is 0 Å². The Balaban J connectivity index is 2.22. The predicted molar refractivity (Wildman–Crippen MR) is 52.3 cm³/mol. The molecule has 0 spiro atoms. The van der Waals surface area contributed by atoms with Crippen LogP contribution in [-0.2, 0) is 4.79 Å². The van der Waals surface area contributed by atoms with Crippen molar-refractivity contribution in [2.75, 3.05) is 19.6 Å². The summed E-state index contributed by atoms with van der Waals surface area (Å²) in [6.45, 7) is 6.24. The molecule has 0 aromatic rings. The van der Waals surface area contributed by atoms with E-state index in [2.05, 4.69) is 10.6 Å². The Morgan fingerprint density at radius 1 is 1.69 bits per heavy atom. The molecule has 4 N–H and O–H groups in total. The Morgan fingerprint density at radius 3 is 2.85 bits per heavy atom. The molecule has 0 bridgehead atoms. The number of nitrogens with one attached hydrogen (secondary N) is 2. The van der Waals surface area contributed by atoms with Crippen molar-refractivity contribution in [3.8, 4) is 0 Å². The van der Waals surface area contributed by atoms with Crippen LogP contribution in [0.5, 0.6) is 0 Å². The van der Waals surface area contributed by atoms with Gasteiger partial charge in [-0.2, -0.15) is 0 Å². The van der Waals surface area contributed by atoms with Crippen LogP contribution in [0.2, 0.25) is 0 Å². The van der Waals surface area contributed by atoms with E-state index in [-0.39, 0.29) is 5.91 Å². The minimum absolute atomic E-state index is 0.0700. The molecule has 0 aromatic heterocycles. The molecule has 0 saturated carbocycles. The maximum absolute atomic E-state index is 11.4. The van der Waals surface area contributed by atoms with Gasteiger partial charge in [-0.1, -0.05) is 0 Å². The third kappa shape index (κ3) is 3.32. The van der Waals surface area contributed by atoms with Gasteiger partial charge in [-0.25, -0.2) is 0 Å². The number of hydrogen-bond acceptors (Lipinski definition) is 3. The van der Waals surface area contributed by atoms with Crippen molar-refractivity contribution in [2.24, 2.45) is 11.7 Å². The van der Waals surface area contributed by atoms with Crippen molar-refractivity contribution in [3.63, 3.8) is 0 Å². The molecule has 1 saturated heterocycles. The van der Waals surface area contributed by atoms with Gasteiger partial charge in [0, 0.05) is 6.54 Å². The zero-order valence-electron chi connectivity index (χ0n) is 8.39. The van der Waals surface area contributed by atoms with Crippen LogP contribution in [0.3, 0.4) is 0 Å². The van der Waals surface area contributed by atoms with Gasteiger partial charge < -0.3 is 16.4 Å². The molecule has 76 valence electrons. The van der Waals surface area contributed by atoms with E-state index in [1.807, 2.05) is 0 Å². The number of rotatable bonds is 3. The van der Waals surface area contributed by atoms with Crippen LogP contribution in [-0.4, -0.2) is 31.1 Å². The second-order valence-corrected chi connectivity index (χ2v) is 4.29. The highest BCUT2D eigenvalue weighted by molar-refractivity contribution is 5.84. The molecule has 0 aliphatic carbocycles. The van der Waals surface area contributed by atoms with Crippen LogP contribution >= 0.6 is 0 Å². The van der Waals surface area contributed by atoms with Gasteiger partial charge in [0.15, 0.2) is 0 Å². The first kappa shape index (κ1) is 10.5. The van der Waals surface area contributed by atoms with Gasteiger partial charge in [0.05, 0.1) is 5.54 Å². The molecule has 1 fully saturated rings. The average Bonchev–Trinajstić information content (AvgIpc) is 2.50. The number of nitrogens with two attached hydrogens (primary N) is 1. The lowest BCUT2D eigenvalue weighted by molar-refractivity contribution is -0.125. The molecule has 1 amide bonds. The molecule has 1 heterocycles. The van der Waals surface area contributed by atoms with E-state index < -0.39 is 5.54 Å². The quantitative estimate of drug-likeness (QED) is 0.552. The van der Waals surface area contributed by atoms with E-state index in [9.17, 15) is 4.79 Å². The fourth-order valence-electron chi connectivity index (χ4n) is 1.35. The van der Waals surface area contributed by atoms with Gasteiger partial charge in [0.1, 0.15) is 0 Å². The lowest BCUT2D eigenvalue weighted by Gasteiger charge is -2.19. The highest BCUT2D eigenvalue weighted by Crippen LogP contribution is 2.06. The van der Waals surface area contributed by atoms with E-state index in [1.54, 1.807) is 13.8 Å². The summed E-state index contributed by atoms with van der Waals surface area (Å²) in [6.07, 6.45) is 1.14. The van der Waals surface area contributed by atoms with Gasteiger partial charge >= 0.3 is 0 Å². The third-order valence-corrected chi connectivity index (χ3v) is 2.30. The maximum atomic E-state index is 11.4. The van der Waals surface area contributed by atoms with Gasteiger partial charge in [0.2, 0.25) is 5.91 Å². The second-order valence-electron chi connectivity index (χ2n) is 4.29. The van der Waals surface area contributed by atoms with Crippen molar-refractivity contribution in [2.45, 2.75) is 25.8 Å². The molecule has 1 atom stereocenters. The lowest BCUT2D eigenvalue weighted by Crippen LogP contribution is -2.50. The minimum Gasteiger partial charge on any atom is -0.354 e. The highest BCUT2D eigenvalue weighted by Gasteiger charge is 2.23. The normalized spacial score (nSPS) is 23.2. The molecule has 1 unspecified atom stereocenters. The summed E-state index contributed by atoms with van der Waals surface area (Å²) in [5.74, 6) is 0.505. The van der Waals surface area contributed by atoms with Crippen LogP contribution in [0.15, 0.2) is 0 Å². The first-order chi connectivity index (χ1) is 6.00. The van der Waals surface area contributed by atoms with Gasteiger partial charge in [-0.3, -0.25) is 4.79 Å². The highest BCUT2D eigenvalue weighted by atomic mass is 16.2. The van der Waals surface area contributed by atoms with Crippen LogP contribution in [0.1, 0.15) is 20.3 Å². The number of carbonyl (C=O) groups is 1. The van der Waals surface area contributed by atoms with Crippen LogP contribution < -0.4 is 16.4 Å². The fourth-order valence-corrected chi connectivity index (χ4v) is 1.35. The molecule has 1 aliphatic heterocycles. The smallest absolute Gasteiger partial charge is 0.239 e. The van der Waals surface area contributed by atoms with Crippen LogP contribution in [0.25, 0.3) is 0 Å². The number of hydrogen-bond donors (Lipinski definition) is 3. The Kier molecular flexibility index (Phi) is 3.27. The topological polar surface area (TPSA) is 67.2 Å². The van der Waals surface area contributed by atoms with Gasteiger partial charge in [-0.15, -0.1) is 0 Å². The molecule has 13 heavy (non-hydrogen) atoms. The largest absolute Gasteiger partial charge is 0.354 e. The van der Waals surface area contributed by atoms with E-state index in [1.165, 1.54) is 0 Å². The zero-order valence-corrected chi connectivity index (χ0v) is 8.39. The van der Waals surface area contributed by atoms with Gasteiger partial charge in [-0.05, 0) is 39.3 Å². The summed E-state index contributed by atoms with van der Waals surface area (Å²) in [4.78, 5) is 11.4. The van der Waals surface area contributed by atoms with E-state index in [0.717, 1.165) is 26.1 Å². The zero-order chi connectivity index (χ0) is 9.90. The molecular weight excluding hydrogens is 166 g/mol. The lowest BCUT2D eigenvalue weighted by atomic mass is 10.1. The second kappa shape index (κ2) is 4.07. The SMILES string of the molecule is CC(C)(N)C(=O)NCC1CCNC1. The van der Waals surface area contributed by atoms with Crippen molar-refractivity contribution >= 4 is 5.91 Å². The Bertz CT molecular complexity index is 180. The summed E-state index contributed by atoms with van der Waals surface area (Å²) < 4.78 is 0. The first-order valence-electron chi connectivity index (χ1n) is 4.78. The van der Waals surface area contributed by atoms with Crippen molar-refractivity contribution in [1.82, 2.24) is 10.6 Å². The van der Waals surface area contributed by atoms with E-state index in [0.29, 0.717) is 5.92 Å². The summed E-state index contributed by atoms with van der Waals surface area (Å²) in [6, 6.07) is 0. The molecule has 4 nitrogen and oxygen atoms in total. The predicted octanol–water partition coefficient (Wildman–Crippen LogP) is -0.551. The van der Waals surface area contributed by atoms with Crippen LogP contribution in [0, 0.1) is 5.92 Å². The number of carbonyl (C=O) groups excluding carboxylic acids is 1. The summed E-state index contributed by atoms with van der Waals surface area (Å²) in [7, 11) is 0. The van der Waals surface area contributed by atoms with Crippen molar-refractivity contribution in [3.05, 3.63) is 0 Å². The van der Waals surface area contributed by atoms with E-state index >= 15 is 0 Å². The standard InChI is InChI=1S/C9H19N3O/c1-9(2,10)8(13)12-6-7-3-4-11-5-7/h7,11H,3-6,10H2,1-2H3,(H,12,13). The molecule has 0 radical (unpaired) electrons. The van der Waals surface area contributed by atoms with E-state index in [4.69, 9.17) is 5.73 Å². The summed E-state index contributed by atoms with van der Waals surface area (Å²) in [5.41, 5.74) is 4.88. The molecule has 1 aliphatic rings. The Labute approximate surface area is 79.3 Å². The van der Waals surface area contributed by atoms with Crippen molar-refractivity contribution < 1.29 is 4.79 Å². The average molecular weight is 185 g/mol. The molecular formula is C9H19N3O. The first-order valence-corrected chi connectivity index (χ1v) is 4.78.